The lowest BCUT2D eigenvalue weighted by Gasteiger charge is -2.12. The predicted octanol–water partition coefficient (Wildman–Crippen LogP) is 3.50. The zero-order valence-corrected chi connectivity index (χ0v) is 15.7. The first-order valence-electron chi connectivity index (χ1n) is 8.41. The zero-order valence-electron chi connectivity index (χ0n) is 15.7. The van der Waals surface area contributed by atoms with Gasteiger partial charge in [-0.3, -0.25) is 4.79 Å². The van der Waals surface area contributed by atoms with Crippen LogP contribution in [0.5, 0.6) is 17.2 Å². The van der Waals surface area contributed by atoms with E-state index in [1.165, 1.54) is 19.4 Å². The number of nitrogens with zero attached hydrogens (tertiary/aromatic N) is 2. The summed E-state index contributed by atoms with van der Waals surface area (Å²) in [6.07, 6.45) is 1.50. The fourth-order valence-corrected chi connectivity index (χ4v) is 2.51. The Morgan fingerprint density at radius 1 is 0.893 bits per heavy atom. The van der Waals surface area contributed by atoms with E-state index in [0.717, 1.165) is 0 Å². The first-order chi connectivity index (χ1) is 13.6. The second-order valence-electron chi connectivity index (χ2n) is 5.61. The minimum Gasteiger partial charge on any atom is -0.497 e. The van der Waals surface area contributed by atoms with Gasteiger partial charge in [0, 0.05) is 12.3 Å². The molecule has 0 aliphatic rings. The largest absolute Gasteiger partial charge is 0.497 e. The number of para-hydroxylation sites is 2. The van der Waals surface area contributed by atoms with Crippen LogP contribution < -0.4 is 24.8 Å². The van der Waals surface area contributed by atoms with Crippen molar-refractivity contribution < 1.29 is 19.0 Å². The normalized spacial score (nSPS) is 10.1. The van der Waals surface area contributed by atoms with Gasteiger partial charge < -0.3 is 24.8 Å². The molecular formula is C20H20N4O4. The Hall–Kier alpha value is -3.81. The Morgan fingerprint density at radius 2 is 1.64 bits per heavy atom. The number of ether oxygens (including phenoxy) is 3. The molecule has 3 aromatic rings. The van der Waals surface area contributed by atoms with Crippen LogP contribution in [0.3, 0.4) is 0 Å². The van der Waals surface area contributed by atoms with Crippen molar-refractivity contribution in [3.05, 3.63) is 60.4 Å². The summed E-state index contributed by atoms with van der Waals surface area (Å²) in [5.74, 6) is 1.61. The van der Waals surface area contributed by atoms with Crippen molar-refractivity contribution in [2.45, 2.75) is 0 Å². The SMILES string of the molecule is COc1ccc(OC)c(NC(=O)c2ccnc(Nc3ccccc3OC)n2)c1. The molecule has 1 aromatic heterocycles. The van der Waals surface area contributed by atoms with E-state index in [1.54, 1.807) is 32.4 Å². The highest BCUT2D eigenvalue weighted by molar-refractivity contribution is 6.04. The van der Waals surface area contributed by atoms with Crippen molar-refractivity contribution in [1.82, 2.24) is 9.97 Å². The summed E-state index contributed by atoms with van der Waals surface area (Å²) < 4.78 is 15.8. The maximum Gasteiger partial charge on any atom is 0.274 e. The molecule has 1 heterocycles. The predicted molar refractivity (Wildman–Crippen MR) is 106 cm³/mol. The van der Waals surface area contributed by atoms with Crippen LogP contribution in [0.25, 0.3) is 0 Å². The molecule has 0 saturated carbocycles. The van der Waals surface area contributed by atoms with E-state index < -0.39 is 5.91 Å². The number of hydrogen-bond donors (Lipinski definition) is 2. The molecule has 0 spiro atoms. The monoisotopic (exact) mass is 380 g/mol. The topological polar surface area (TPSA) is 94.6 Å². The molecule has 0 saturated heterocycles. The van der Waals surface area contributed by atoms with E-state index in [9.17, 15) is 4.79 Å². The summed E-state index contributed by atoms with van der Waals surface area (Å²) in [7, 11) is 4.65. The van der Waals surface area contributed by atoms with Crippen LogP contribution in [0.15, 0.2) is 54.7 Å². The van der Waals surface area contributed by atoms with Gasteiger partial charge in [0.05, 0.1) is 32.7 Å². The summed E-state index contributed by atoms with van der Waals surface area (Å²) >= 11 is 0. The average Bonchev–Trinajstić information content (AvgIpc) is 2.74. The van der Waals surface area contributed by atoms with Gasteiger partial charge >= 0.3 is 0 Å². The lowest BCUT2D eigenvalue weighted by Crippen LogP contribution is -2.15. The molecule has 0 radical (unpaired) electrons. The Morgan fingerprint density at radius 3 is 2.39 bits per heavy atom. The summed E-state index contributed by atoms with van der Waals surface area (Å²) in [5, 5.41) is 5.83. The number of carbonyl (C=O) groups is 1. The molecule has 144 valence electrons. The number of anilines is 3. The van der Waals surface area contributed by atoms with Gasteiger partial charge in [0.15, 0.2) is 0 Å². The number of rotatable bonds is 7. The van der Waals surface area contributed by atoms with Crippen LogP contribution in [0.2, 0.25) is 0 Å². The molecule has 1 amide bonds. The number of aromatic nitrogens is 2. The van der Waals surface area contributed by atoms with Crippen molar-refractivity contribution in [2.75, 3.05) is 32.0 Å². The van der Waals surface area contributed by atoms with Crippen LogP contribution in [0.1, 0.15) is 10.5 Å². The second-order valence-corrected chi connectivity index (χ2v) is 5.61. The number of amides is 1. The first kappa shape index (κ1) is 19.0. The highest BCUT2D eigenvalue weighted by Gasteiger charge is 2.14. The van der Waals surface area contributed by atoms with Crippen LogP contribution in [0.4, 0.5) is 17.3 Å². The molecule has 2 N–H and O–H groups in total. The van der Waals surface area contributed by atoms with Crippen LogP contribution in [-0.2, 0) is 0 Å². The van der Waals surface area contributed by atoms with E-state index in [0.29, 0.717) is 28.6 Å². The van der Waals surface area contributed by atoms with E-state index in [2.05, 4.69) is 20.6 Å². The highest BCUT2D eigenvalue weighted by atomic mass is 16.5. The lowest BCUT2D eigenvalue weighted by molar-refractivity contribution is 0.102. The highest BCUT2D eigenvalue weighted by Crippen LogP contribution is 2.29. The third-order valence-electron chi connectivity index (χ3n) is 3.90. The molecule has 0 fully saturated rings. The van der Waals surface area contributed by atoms with Gasteiger partial charge in [0.25, 0.3) is 5.91 Å². The van der Waals surface area contributed by atoms with Gasteiger partial charge in [-0.1, -0.05) is 12.1 Å². The van der Waals surface area contributed by atoms with Crippen molar-refractivity contribution in [2.24, 2.45) is 0 Å². The van der Waals surface area contributed by atoms with E-state index >= 15 is 0 Å². The molecule has 2 aromatic carbocycles. The minimum absolute atomic E-state index is 0.192. The molecular weight excluding hydrogens is 360 g/mol. The zero-order chi connectivity index (χ0) is 19.9. The Balaban J connectivity index is 1.81. The number of nitrogens with one attached hydrogen (secondary N) is 2. The van der Waals surface area contributed by atoms with Gasteiger partial charge in [0.2, 0.25) is 5.95 Å². The summed E-state index contributed by atoms with van der Waals surface area (Å²) in [6.45, 7) is 0. The second kappa shape index (κ2) is 8.72. The fourth-order valence-electron chi connectivity index (χ4n) is 2.51. The Labute approximate surface area is 162 Å². The quantitative estimate of drug-likeness (QED) is 0.648. The molecule has 8 nitrogen and oxygen atoms in total. The summed E-state index contributed by atoms with van der Waals surface area (Å²) in [6, 6.07) is 14.0. The summed E-state index contributed by atoms with van der Waals surface area (Å²) in [5.41, 5.74) is 1.36. The van der Waals surface area contributed by atoms with Gasteiger partial charge in [-0.25, -0.2) is 9.97 Å². The van der Waals surface area contributed by atoms with Gasteiger partial charge in [-0.05, 0) is 30.3 Å². The molecule has 8 heteroatoms. The van der Waals surface area contributed by atoms with Crippen molar-refractivity contribution >= 4 is 23.2 Å². The third kappa shape index (κ3) is 4.29. The molecule has 0 aliphatic heterocycles. The van der Waals surface area contributed by atoms with Gasteiger partial charge in [0.1, 0.15) is 22.9 Å². The number of methoxy groups -OCH3 is 3. The van der Waals surface area contributed by atoms with E-state index in [1.807, 2.05) is 24.3 Å². The van der Waals surface area contributed by atoms with Crippen LogP contribution >= 0.6 is 0 Å². The smallest absolute Gasteiger partial charge is 0.274 e. The summed E-state index contributed by atoms with van der Waals surface area (Å²) in [4.78, 5) is 21.1. The Kier molecular flexibility index (Phi) is 5.91. The number of hydrogen-bond acceptors (Lipinski definition) is 7. The van der Waals surface area contributed by atoms with Crippen molar-refractivity contribution in [3.63, 3.8) is 0 Å². The van der Waals surface area contributed by atoms with Crippen molar-refractivity contribution in [1.29, 1.82) is 0 Å². The van der Waals surface area contributed by atoms with Crippen LogP contribution in [-0.4, -0.2) is 37.2 Å². The maximum atomic E-state index is 12.7. The molecule has 0 bridgehead atoms. The minimum atomic E-state index is -0.406. The fraction of sp³-hybridized carbons (Fsp3) is 0.150. The van der Waals surface area contributed by atoms with E-state index in [4.69, 9.17) is 14.2 Å². The molecule has 0 aliphatic carbocycles. The average molecular weight is 380 g/mol. The van der Waals surface area contributed by atoms with Crippen LogP contribution in [0, 0.1) is 0 Å². The Bertz CT molecular complexity index is 978. The van der Waals surface area contributed by atoms with E-state index in [-0.39, 0.29) is 11.6 Å². The number of carbonyl (C=O) groups excluding carboxylic acids is 1. The lowest BCUT2D eigenvalue weighted by atomic mass is 10.2. The molecule has 3 rings (SSSR count). The molecule has 0 unspecified atom stereocenters. The molecule has 0 atom stereocenters. The first-order valence-corrected chi connectivity index (χ1v) is 8.41. The number of benzene rings is 2. The van der Waals surface area contributed by atoms with Gasteiger partial charge in [-0.15, -0.1) is 0 Å². The third-order valence-corrected chi connectivity index (χ3v) is 3.90. The maximum absolute atomic E-state index is 12.7. The van der Waals surface area contributed by atoms with Crippen molar-refractivity contribution in [3.8, 4) is 17.2 Å². The molecule has 28 heavy (non-hydrogen) atoms. The standard InChI is InChI=1S/C20H20N4O4/c1-26-13-8-9-18(28-3)16(12-13)22-19(25)15-10-11-21-20(24-15)23-14-6-4-5-7-17(14)27-2/h4-12H,1-3H3,(H,22,25)(H,21,23,24). The van der Waals surface area contributed by atoms with Gasteiger partial charge in [-0.2, -0.15) is 0 Å².